The largest absolute Gasteiger partial charge is 0.347 e. The minimum Gasteiger partial charge on any atom is -0.347 e. The van der Waals surface area contributed by atoms with E-state index in [1.54, 1.807) is 23.0 Å². The molecule has 1 unspecified atom stereocenters. The van der Waals surface area contributed by atoms with E-state index in [9.17, 15) is 4.79 Å². The second-order valence-corrected chi connectivity index (χ2v) is 8.00. The van der Waals surface area contributed by atoms with Crippen molar-refractivity contribution in [2.24, 2.45) is 5.92 Å². The van der Waals surface area contributed by atoms with Crippen molar-refractivity contribution in [1.29, 1.82) is 0 Å². The van der Waals surface area contributed by atoms with Crippen LogP contribution in [0.5, 0.6) is 0 Å². The summed E-state index contributed by atoms with van der Waals surface area (Å²) in [4.78, 5) is 12.6. The molecule has 2 N–H and O–H groups in total. The Morgan fingerprint density at radius 3 is 2.72 bits per heavy atom. The van der Waals surface area contributed by atoms with Gasteiger partial charge in [0.1, 0.15) is 17.0 Å². The van der Waals surface area contributed by atoms with Crippen LogP contribution in [0.4, 0.5) is 5.82 Å². The zero-order chi connectivity index (χ0) is 17.6. The summed E-state index contributed by atoms with van der Waals surface area (Å²) in [5, 5.41) is 11.9. The maximum Gasteiger partial charge on any atom is 0.258 e. The van der Waals surface area contributed by atoms with Gasteiger partial charge in [0.2, 0.25) is 0 Å². The molecule has 2 aromatic rings. The number of rotatable bonds is 3. The summed E-state index contributed by atoms with van der Waals surface area (Å²) in [6.45, 7) is 2.04. The quantitative estimate of drug-likeness (QED) is 0.818. The van der Waals surface area contributed by atoms with Crippen molar-refractivity contribution < 1.29 is 4.79 Å². The molecule has 2 aliphatic rings. The zero-order valence-electron chi connectivity index (χ0n) is 14.0. The predicted molar refractivity (Wildman–Crippen MR) is 99.7 cm³/mol. The fraction of sp³-hybridized carbons (Fsp3) is 0.444. The van der Waals surface area contributed by atoms with Gasteiger partial charge in [-0.2, -0.15) is 5.10 Å². The number of benzene rings is 1. The highest BCUT2D eigenvalue weighted by Crippen LogP contribution is 2.36. The van der Waals surface area contributed by atoms with Crippen molar-refractivity contribution in [3.05, 3.63) is 40.0 Å². The monoisotopic (exact) mass is 378 g/mol. The van der Waals surface area contributed by atoms with Gasteiger partial charge in [0.15, 0.2) is 0 Å². The molecule has 0 spiro atoms. The normalized spacial score (nSPS) is 23.2. The molecule has 0 bridgehead atoms. The SMILES string of the molecule is CC1(CC2CCCC2)NC(=O)c2cnn(-c3ccc(Cl)c(Cl)c3)c2N1. The molecule has 0 saturated heterocycles. The van der Waals surface area contributed by atoms with Gasteiger partial charge in [0.25, 0.3) is 5.91 Å². The van der Waals surface area contributed by atoms with Crippen LogP contribution in [0.1, 0.15) is 49.4 Å². The van der Waals surface area contributed by atoms with Gasteiger partial charge in [-0.3, -0.25) is 4.79 Å². The first-order valence-corrected chi connectivity index (χ1v) is 9.35. The van der Waals surface area contributed by atoms with E-state index >= 15 is 0 Å². The molecule has 1 atom stereocenters. The molecule has 1 amide bonds. The number of carbonyl (C=O) groups excluding carboxylic acids is 1. The molecule has 1 saturated carbocycles. The van der Waals surface area contributed by atoms with E-state index in [4.69, 9.17) is 23.2 Å². The van der Waals surface area contributed by atoms with E-state index in [2.05, 4.69) is 15.7 Å². The lowest BCUT2D eigenvalue weighted by Crippen LogP contribution is -2.56. The number of hydrogen-bond donors (Lipinski definition) is 2. The lowest BCUT2D eigenvalue weighted by atomic mass is 9.92. The lowest BCUT2D eigenvalue weighted by Gasteiger charge is -2.38. The van der Waals surface area contributed by atoms with Crippen molar-refractivity contribution in [3.8, 4) is 5.69 Å². The van der Waals surface area contributed by atoms with Crippen LogP contribution in [0.2, 0.25) is 10.0 Å². The molecule has 5 nitrogen and oxygen atoms in total. The third kappa shape index (κ3) is 3.11. The van der Waals surface area contributed by atoms with Crippen molar-refractivity contribution in [1.82, 2.24) is 15.1 Å². The Kier molecular flexibility index (Phi) is 4.16. The lowest BCUT2D eigenvalue weighted by molar-refractivity contribution is 0.0895. The van der Waals surface area contributed by atoms with Gasteiger partial charge in [-0.15, -0.1) is 0 Å². The van der Waals surface area contributed by atoms with Crippen molar-refractivity contribution in [3.63, 3.8) is 0 Å². The minimum absolute atomic E-state index is 0.0967. The van der Waals surface area contributed by atoms with Gasteiger partial charge in [-0.25, -0.2) is 4.68 Å². The summed E-state index contributed by atoms with van der Waals surface area (Å²) in [5.41, 5.74) is 0.823. The van der Waals surface area contributed by atoms with E-state index in [1.807, 2.05) is 13.0 Å². The fourth-order valence-corrected chi connectivity index (χ4v) is 4.24. The molecule has 0 radical (unpaired) electrons. The maximum absolute atomic E-state index is 12.6. The third-order valence-electron chi connectivity index (χ3n) is 5.12. The highest BCUT2D eigenvalue weighted by atomic mass is 35.5. The van der Waals surface area contributed by atoms with Gasteiger partial charge < -0.3 is 10.6 Å². The number of halogens is 2. The molecule has 1 fully saturated rings. The number of amides is 1. The van der Waals surface area contributed by atoms with Crippen LogP contribution in [0.15, 0.2) is 24.4 Å². The van der Waals surface area contributed by atoms with Crippen LogP contribution in [-0.2, 0) is 0 Å². The number of carbonyl (C=O) groups is 1. The number of anilines is 1. The second kappa shape index (κ2) is 6.22. The maximum atomic E-state index is 12.6. The van der Waals surface area contributed by atoms with Crippen LogP contribution in [0, 0.1) is 5.92 Å². The Balaban J connectivity index is 1.68. The predicted octanol–water partition coefficient (Wildman–Crippen LogP) is 4.63. The van der Waals surface area contributed by atoms with E-state index in [0.29, 0.717) is 27.3 Å². The average molecular weight is 379 g/mol. The molecule has 1 aromatic carbocycles. The number of fused-ring (bicyclic) bond motifs is 1. The summed E-state index contributed by atoms with van der Waals surface area (Å²) in [6, 6.07) is 5.32. The molecule has 2 heterocycles. The van der Waals surface area contributed by atoms with Crippen LogP contribution in [0.3, 0.4) is 0 Å². The highest BCUT2D eigenvalue weighted by Gasteiger charge is 2.38. The summed E-state index contributed by atoms with van der Waals surface area (Å²) < 4.78 is 1.71. The van der Waals surface area contributed by atoms with Gasteiger partial charge in [0, 0.05) is 0 Å². The first-order valence-electron chi connectivity index (χ1n) is 8.59. The summed E-state index contributed by atoms with van der Waals surface area (Å²) in [5.74, 6) is 1.24. The second-order valence-electron chi connectivity index (χ2n) is 7.18. The van der Waals surface area contributed by atoms with E-state index in [-0.39, 0.29) is 5.91 Å². The average Bonchev–Trinajstić information content (AvgIpc) is 3.19. The Morgan fingerprint density at radius 2 is 2.00 bits per heavy atom. The first kappa shape index (κ1) is 16.7. The molecule has 4 rings (SSSR count). The first-order chi connectivity index (χ1) is 12.0. The molecule has 1 aliphatic heterocycles. The standard InChI is InChI=1S/C18H20Cl2N4O/c1-18(9-11-4-2-3-5-11)22-16-13(17(25)23-18)10-21-24(16)12-6-7-14(19)15(20)8-12/h6-8,10-11,22H,2-5,9H2,1H3,(H,23,25). The van der Waals surface area contributed by atoms with Crippen molar-refractivity contribution >= 4 is 34.9 Å². The van der Waals surface area contributed by atoms with Gasteiger partial charge >= 0.3 is 0 Å². The number of nitrogens with one attached hydrogen (secondary N) is 2. The van der Waals surface area contributed by atoms with Gasteiger partial charge in [-0.1, -0.05) is 48.9 Å². The van der Waals surface area contributed by atoms with Crippen LogP contribution in [0.25, 0.3) is 5.69 Å². The summed E-state index contributed by atoms with van der Waals surface area (Å²) >= 11 is 12.1. The molecule has 7 heteroatoms. The zero-order valence-corrected chi connectivity index (χ0v) is 15.5. The molecule has 1 aromatic heterocycles. The van der Waals surface area contributed by atoms with Crippen LogP contribution >= 0.6 is 23.2 Å². The Bertz CT molecular complexity index is 828. The van der Waals surface area contributed by atoms with Crippen LogP contribution in [-0.4, -0.2) is 21.4 Å². The van der Waals surface area contributed by atoms with E-state index in [1.165, 1.54) is 25.7 Å². The van der Waals surface area contributed by atoms with E-state index in [0.717, 1.165) is 12.1 Å². The van der Waals surface area contributed by atoms with Crippen molar-refractivity contribution in [2.45, 2.75) is 44.7 Å². The number of hydrogen-bond acceptors (Lipinski definition) is 3. The van der Waals surface area contributed by atoms with E-state index < -0.39 is 5.66 Å². The van der Waals surface area contributed by atoms with Crippen LogP contribution < -0.4 is 10.6 Å². The van der Waals surface area contributed by atoms with Gasteiger partial charge in [-0.05, 0) is 37.5 Å². The minimum atomic E-state index is -0.479. The molecular weight excluding hydrogens is 359 g/mol. The van der Waals surface area contributed by atoms with Crippen molar-refractivity contribution in [2.75, 3.05) is 5.32 Å². The fourth-order valence-electron chi connectivity index (χ4n) is 3.95. The molecule has 1 aliphatic carbocycles. The topological polar surface area (TPSA) is 59.0 Å². The summed E-state index contributed by atoms with van der Waals surface area (Å²) in [7, 11) is 0. The molecular formula is C18H20Cl2N4O. The Labute approximate surface area is 156 Å². The smallest absolute Gasteiger partial charge is 0.258 e. The third-order valence-corrected chi connectivity index (χ3v) is 5.86. The highest BCUT2D eigenvalue weighted by molar-refractivity contribution is 6.42. The number of aromatic nitrogens is 2. The molecule has 25 heavy (non-hydrogen) atoms. The van der Waals surface area contributed by atoms with Gasteiger partial charge in [0.05, 0.1) is 21.9 Å². The summed E-state index contributed by atoms with van der Waals surface area (Å²) in [6.07, 6.45) is 7.50. The Hall–Kier alpha value is -1.72. The Morgan fingerprint density at radius 1 is 1.24 bits per heavy atom. The molecule has 132 valence electrons. The number of nitrogens with zero attached hydrogens (tertiary/aromatic N) is 2.